The van der Waals surface area contributed by atoms with Gasteiger partial charge in [0.25, 0.3) is 0 Å². The summed E-state index contributed by atoms with van der Waals surface area (Å²) in [5, 5.41) is 3.01. The predicted molar refractivity (Wildman–Crippen MR) is 76.2 cm³/mol. The van der Waals surface area contributed by atoms with Crippen LogP contribution in [0.5, 0.6) is 0 Å². The highest BCUT2D eigenvalue weighted by molar-refractivity contribution is 5.76. The Morgan fingerprint density at radius 2 is 2.11 bits per heavy atom. The van der Waals surface area contributed by atoms with Crippen LogP contribution in [0.2, 0.25) is 0 Å². The number of unbranched alkanes of at least 4 members (excludes halogenated alkanes) is 3. The van der Waals surface area contributed by atoms with Crippen molar-refractivity contribution in [3.63, 3.8) is 0 Å². The molecule has 1 rings (SSSR count). The Kier molecular flexibility index (Phi) is 6.26. The van der Waals surface area contributed by atoms with Crippen LogP contribution >= 0.6 is 0 Å². The van der Waals surface area contributed by atoms with Gasteiger partial charge in [0.2, 0.25) is 5.91 Å². The number of anilines is 1. The van der Waals surface area contributed by atoms with Crippen molar-refractivity contribution < 1.29 is 4.79 Å². The first-order valence-electron chi connectivity index (χ1n) is 6.78. The summed E-state index contributed by atoms with van der Waals surface area (Å²) >= 11 is 0. The van der Waals surface area contributed by atoms with E-state index >= 15 is 0 Å². The predicted octanol–water partition coefficient (Wildman–Crippen LogP) is 3.42. The number of hydrogen-bond acceptors (Lipinski definition) is 2. The van der Waals surface area contributed by atoms with Gasteiger partial charge in [-0.1, -0.05) is 38.3 Å². The molecule has 3 heteroatoms. The van der Waals surface area contributed by atoms with Crippen molar-refractivity contribution in [1.29, 1.82) is 0 Å². The fraction of sp³-hybridized carbons (Fsp3) is 0.533. The second-order valence-electron chi connectivity index (χ2n) is 4.77. The topological polar surface area (TPSA) is 55.1 Å². The highest BCUT2D eigenvalue weighted by Crippen LogP contribution is 2.15. The average Bonchev–Trinajstić information content (AvgIpc) is 2.34. The van der Waals surface area contributed by atoms with E-state index in [-0.39, 0.29) is 11.9 Å². The molecule has 0 aliphatic heterocycles. The molecule has 0 radical (unpaired) electrons. The van der Waals surface area contributed by atoms with Gasteiger partial charge in [0.15, 0.2) is 0 Å². The SMILES string of the molecule is CCCCCCC(=O)NC(C)c1cccc(N)c1. The number of carbonyl (C=O) groups excluding carboxylic acids is 1. The van der Waals surface area contributed by atoms with Crippen LogP contribution in [0, 0.1) is 0 Å². The van der Waals surface area contributed by atoms with Crippen LogP contribution in [0.1, 0.15) is 57.6 Å². The zero-order valence-electron chi connectivity index (χ0n) is 11.4. The average molecular weight is 248 g/mol. The quantitative estimate of drug-likeness (QED) is 0.574. The number of nitrogens with one attached hydrogen (secondary N) is 1. The smallest absolute Gasteiger partial charge is 0.220 e. The van der Waals surface area contributed by atoms with E-state index in [0.29, 0.717) is 6.42 Å². The van der Waals surface area contributed by atoms with E-state index in [1.54, 1.807) is 0 Å². The zero-order valence-corrected chi connectivity index (χ0v) is 11.4. The third-order valence-corrected chi connectivity index (χ3v) is 3.05. The van der Waals surface area contributed by atoms with E-state index in [1.807, 2.05) is 31.2 Å². The van der Waals surface area contributed by atoms with Crippen molar-refractivity contribution in [3.8, 4) is 0 Å². The Bertz CT molecular complexity index is 377. The highest BCUT2D eigenvalue weighted by atomic mass is 16.1. The molecular weight excluding hydrogens is 224 g/mol. The molecule has 1 aromatic rings. The molecule has 1 unspecified atom stereocenters. The molecule has 100 valence electrons. The van der Waals surface area contributed by atoms with Crippen LogP contribution in [-0.2, 0) is 4.79 Å². The minimum Gasteiger partial charge on any atom is -0.399 e. The Morgan fingerprint density at radius 3 is 2.78 bits per heavy atom. The van der Waals surface area contributed by atoms with Crippen LogP contribution in [0.3, 0.4) is 0 Å². The third-order valence-electron chi connectivity index (χ3n) is 3.05. The number of rotatable bonds is 7. The molecule has 3 nitrogen and oxygen atoms in total. The standard InChI is InChI=1S/C15H24N2O/c1-3-4-5-6-10-15(18)17-12(2)13-8-7-9-14(16)11-13/h7-9,11-12H,3-6,10,16H2,1-2H3,(H,17,18). The molecule has 0 saturated carbocycles. The Hall–Kier alpha value is -1.51. The second kappa shape index (κ2) is 7.75. The minimum absolute atomic E-state index is 0.0205. The zero-order chi connectivity index (χ0) is 13.4. The number of benzene rings is 1. The van der Waals surface area contributed by atoms with Crippen LogP contribution in [-0.4, -0.2) is 5.91 Å². The summed E-state index contributed by atoms with van der Waals surface area (Å²) < 4.78 is 0. The van der Waals surface area contributed by atoms with E-state index in [4.69, 9.17) is 5.73 Å². The van der Waals surface area contributed by atoms with Crippen molar-refractivity contribution in [2.75, 3.05) is 5.73 Å². The van der Waals surface area contributed by atoms with Gasteiger partial charge < -0.3 is 11.1 Å². The van der Waals surface area contributed by atoms with Gasteiger partial charge in [0, 0.05) is 12.1 Å². The first kappa shape index (κ1) is 14.6. The van der Waals surface area contributed by atoms with Gasteiger partial charge in [-0.3, -0.25) is 4.79 Å². The molecule has 0 heterocycles. The van der Waals surface area contributed by atoms with Gasteiger partial charge in [-0.25, -0.2) is 0 Å². The molecule has 1 aromatic carbocycles. The summed E-state index contributed by atoms with van der Waals surface area (Å²) in [4.78, 5) is 11.7. The number of nitrogen functional groups attached to an aromatic ring is 1. The number of carbonyl (C=O) groups is 1. The summed E-state index contributed by atoms with van der Waals surface area (Å²) in [6.45, 7) is 4.15. The minimum atomic E-state index is 0.0205. The summed E-state index contributed by atoms with van der Waals surface area (Å²) in [5.74, 6) is 0.126. The molecule has 0 aromatic heterocycles. The molecule has 0 saturated heterocycles. The third kappa shape index (κ3) is 5.21. The van der Waals surface area contributed by atoms with Gasteiger partial charge in [0.1, 0.15) is 0 Å². The van der Waals surface area contributed by atoms with Gasteiger partial charge >= 0.3 is 0 Å². The number of amides is 1. The summed E-state index contributed by atoms with van der Waals surface area (Å²) in [6.07, 6.45) is 5.13. The molecule has 3 N–H and O–H groups in total. The molecule has 0 fully saturated rings. The Morgan fingerprint density at radius 1 is 1.33 bits per heavy atom. The molecule has 1 atom stereocenters. The lowest BCUT2D eigenvalue weighted by atomic mass is 10.1. The largest absolute Gasteiger partial charge is 0.399 e. The van der Waals surface area contributed by atoms with E-state index in [0.717, 1.165) is 24.1 Å². The van der Waals surface area contributed by atoms with Crippen molar-refractivity contribution >= 4 is 11.6 Å². The fourth-order valence-electron chi connectivity index (χ4n) is 1.94. The van der Waals surface area contributed by atoms with Gasteiger partial charge in [0.05, 0.1) is 6.04 Å². The van der Waals surface area contributed by atoms with Gasteiger partial charge in [-0.15, -0.1) is 0 Å². The van der Waals surface area contributed by atoms with Crippen molar-refractivity contribution in [2.24, 2.45) is 0 Å². The van der Waals surface area contributed by atoms with Crippen molar-refractivity contribution in [1.82, 2.24) is 5.32 Å². The monoisotopic (exact) mass is 248 g/mol. The molecule has 0 aliphatic carbocycles. The molecule has 0 aliphatic rings. The molecule has 18 heavy (non-hydrogen) atoms. The van der Waals surface area contributed by atoms with E-state index in [1.165, 1.54) is 12.8 Å². The maximum Gasteiger partial charge on any atom is 0.220 e. The second-order valence-corrected chi connectivity index (χ2v) is 4.77. The van der Waals surface area contributed by atoms with Crippen LogP contribution < -0.4 is 11.1 Å². The molecule has 0 bridgehead atoms. The van der Waals surface area contributed by atoms with Crippen molar-refractivity contribution in [2.45, 2.75) is 52.0 Å². The maximum absolute atomic E-state index is 11.7. The van der Waals surface area contributed by atoms with Crippen molar-refractivity contribution in [3.05, 3.63) is 29.8 Å². The summed E-state index contributed by atoms with van der Waals surface area (Å²) in [5.41, 5.74) is 7.51. The van der Waals surface area contributed by atoms with E-state index in [9.17, 15) is 4.79 Å². The summed E-state index contributed by atoms with van der Waals surface area (Å²) in [6, 6.07) is 7.67. The van der Waals surface area contributed by atoms with E-state index in [2.05, 4.69) is 12.2 Å². The Labute approximate surface area is 110 Å². The van der Waals surface area contributed by atoms with Gasteiger partial charge in [-0.2, -0.15) is 0 Å². The highest BCUT2D eigenvalue weighted by Gasteiger charge is 2.09. The van der Waals surface area contributed by atoms with E-state index < -0.39 is 0 Å². The summed E-state index contributed by atoms with van der Waals surface area (Å²) in [7, 11) is 0. The fourth-order valence-corrected chi connectivity index (χ4v) is 1.94. The normalized spacial score (nSPS) is 12.1. The number of hydrogen-bond donors (Lipinski definition) is 2. The first-order valence-corrected chi connectivity index (χ1v) is 6.78. The molecule has 0 spiro atoms. The Balaban J connectivity index is 2.35. The van der Waals surface area contributed by atoms with Crippen LogP contribution in [0.15, 0.2) is 24.3 Å². The lowest BCUT2D eigenvalue weighted by Gasteiger charge is -2.14. The number of nitrogens with two attached hydrogens (primary N) is 1. The van der Waals surface area contributed by atoms with Gasteiger partial charge in [-0.05, 0) is 31.0 Å². The lowest BCUT2D eigenvalue weighted by molar-refractivity contribution is -0.121. The molecule has 1 amide bonds. The maximum atomic E-state index is 11.7. The lowest BCUT2D eigenvalue weighted by Crippen LogP contribution is -2.26. The van der Waals surface area contributed by atoms with Crippen LogP contribution in [0.25, 0.3) is 0 Å². The molecular formula is C15H24N2O. The first-order chi connectivity index (χ1) is 8.63. The van der Waals surface area contributed by atoms with Crippen LogP contribution in [0.4, 0.5) is 5.69 Å².